The van der Waals surface area contributed by atoms with Crippen molar-refractivity contribution < 1.29 is 9.59 Å². The Morgan fingerprint density at radius 3 is 2.41 bits per heavy atom. The summed E-state index contributed by atoms with van der Waals surface area (Å²) in [5, 5.41) is 2.78. The van der Waals surface area contributed by atoms with Crippen LogP contribution < -0.4 is 16.8 Å². The number of hydrogen-bond acceptors (Lipinski definition) is 3. The Hall–Kier alpha value is -1.10. The number of primary amides is 1. The summed E-state index contributed by atoms with van der Waals surface area (Å²) in [6.45, 7) is 0.498. The first-order valence-electron chi connectivity index (χ1n) is 6.36. The molecule has 5 nitrogen and oxygen atoms in total. The molecule has 0 aromatic heterocycles. The number of nitrogens with two attached hydrogens (primary N) is 2. The summed E-state index contributed by atoms with van der Waals surface area (Å²) in [6, 6.07) is 0. The van der Waals surface area contributed by atoms with Crippen molar-refractivity contribution in [3.63, 3.8) is 0 Å². The molecule has 98 valence electrons. The van der Waals surface area contributed by atoms with Gasteiger partial charge in [0, 0.05) is 24.9 Å². The number of hydrogen-bond donors (Lipinski definition) is 3. The molecule has 2 amide bonds. The van der Waals surface area contributed by atoms with E-state index in [-0.39, 0.29) is 17.4 Å². The highest BCUT2D eigenvalue weighted by Crippen LogP contribution is 2.28. The molecule has 0 heterocycles. The van der Waals surface area contributed by atoms with Crippen LogP contribution in [0.5, 0.6) is 0 Å². The predicted molar refractivity (Wildman–Crippen MR) is 66.1 cm³/mol. The standard InChI is InChI=1S/C12H23N3O2/c13-10(16)5-4-8-15-11(17)9-12(14)6-2-1-3-7-12/h1-9,14H2,(H2,13,16)(H,15,17). The summed E-state index contributed by atoms with van der Waals surface area (Å²) >= 11 is 0. The van der Waals surface area contributed by atoms with E-state index < -0.39 is 0 Å². The second kappa shape index (κ2) is 6.59. The van der Waals surface area contributed by atoms with E-state index in [0.717, 1.165) is 25.7 Å². The molecule has 1 fully saturated rings. The molecule has 0 aliphatic heterocycles. The summed E-state index contributed by atoms with van der Waals surface area (Å²) in [5.41, 5.74) is 10.9. The minimum absolute atomic E-state index is 0.0149. The Balaban J connectivity index is 2.17. The molecular weight excluding hydrogens is 218 g/mol. The normalized spacial score (nSPS) is 18.6. The van der Waals surface area contributed by atoms with Crippen LogP contribution in [0.4, 0.5) is 0 Å². The lowest BCUT2D eigenvalue weighted by molar-refractivity contribution is -0.123. The zero-order valence-corrected chi connectivity index (χ0v) is 10.3. The lowest BCUT2D eigenvalue weighted by Crippen LogP contribution is -2.46. The van der Waals surface area contributed by atoms with Gasteiger partial charge in [0.1, 0.15) is 0 Å². The molecule has 1 saturated carbocycles. The Morgan fingerprint density at radius 1 is 1.18 bits per heavy atom. The van der Waals surface area contributed by atoms with Crippen LogP contribution in [0.25, 0.3) is 0 Å². The maximum absolute atomic E-state index is 11.7. The van der Waals surface area contributed by atoms with Crippen LogP contribution in [0.2, 0.25) is 0 Å². The Bertz CT molecular complexity index is 273. The molecule has 0 saturated heterocycles. The van der Waals surface area contributed by atoms with E-state index in [2.05, 4.69) is 5.32 Å². The van der Waals surface area contributed by atoms with Crippen molar-refractivity contribution in [2.45, 2.75) is 56.9 Å². The van der Waals surface area contributed by atoms with Gasteiger partial charge in [-0.1, -0.05) is 19.3 Å². The number of rotatable bonds is 6. The Kier molecular flexibility index (Phi) is 5.41. The smallest absolute Gasteiger partial charge is 0.221 e. The predicted octanol–water partition coefficient (Wildman–Crippen LogP) is 0.420. The quantitative estimate of drug-likeness (QED) is 0.588. The van der Waals surface area contributed by atoms with Gasteiger partial charge in [0.15, 0.2) is 0 Å². The van der Waals surface area contributed by atoms with Gasteiger partial charge in [0.25, 0.3) is 0 Å². The van der Waals surface area contributed by atoms with Crippen molar-refractivity contribution in [1.82, 2.24) is 5.32 Å². The van der Waals surface area contributed by atoms with E-state index >= 15 is 0 Å². The summed E-state index contributed by atoms with van der Waals surface area (Å²) in [4.78, 5) is 22.2. The van der Waals surface area contributed by atoms with Crippen molar-refractivity contribution in [2.24, 2.45) is 11.5 Å². The molecule has 0 aromatic carbocycles. The van der Waals surface area contributed by atoms with Crippen LogP contribution >= 0.6 is 0 Å². The minimum atomic E-state index is -0.332. The fourth-order valence-corrected chi connectivity index (χ4v) is 2.31. The van der Waals surface area contributed by atoms with E-state index in [1.807, 2.05) is 0 Å². The van der Waals surface area contributed by atoms with Crippen LogP contribution in [0.1, 0.15) is 51.4 Å². The lowest BCUT2D eigenvalue weighted by atomic mass is 9.80. The van der Waals surface area contributed by atoms with E-state index in [4.69, 9.17) is 11.5 Å². The third-order valence-corrected chi connectivity index (χ3v) is 3.28. The molecule has 0 aromatic rings. The number of carbonyl (C=O) groups is 2. The molecular formula is C12H23N3O2. The molecule has 0 spiro atoms. The molecule has 5 N–H and O–H groups in total. The van der Waals surface area contributed by atoms with Gasteiger partial charge in [-0.05, 0) is 19.3 Å². The van der Waals surface area contributed by atoms with Crippen LogP contribution in [0.15, 0.2) is 0 Å². The first-order chi connectivity index (χ1) is 8.02. The van der Waals surface area contributed by atoms with Gasteiger partial charge in [-0.15, -0.1) is 0 Å². The largest absolute Gasteiger partial charge is 0.370 e. The highest BCUT2D eigenvalue weighted by atomic mass is 16.2. The van der Waals surface area contributed by atoms with E-state index in [1.54, 1.807) is 0 Å². The summed E-state index contributed by atoms with van der Waals surface area (Å²) < 4.78 is 0. The molecule has 5 heteroatoms. The van der Waals surface area contributed by atoms with E-state index in [1.165, 1.54) is 6.42 Å². The second-order valence-corrected chi connectivity index (χ2v) is 5.02. The van der Waals surface area contributed by atoms with Crippen molar-refractivity contribution in [3.8, 4) is 0 Å². The first kappa shape index (κ1) is 14.0. The molecule has 0 radical (unpaired) electrons. The summed E-state index contributed by atoms with van der Waals surface area (Å²) in [5.74, 6) is -0.347. The highest BCUT2D eigenvalue weighted by Gasteiger charge is 2.29. The summed E-state index contributed by atoms with van der Waals surface area (Å²) in [6.07, 6.45) is 6.62. The van der Waals surface area contributed by atoms with Crippen LogP contribution in [0.3, 0.4) is 0 Å². The van der Waals surface area contributed by atoms with Gasteiger partial charge >= 0.3 is 0 Å². The molecule has 0 unspecified atom stereocenters. The summed E-state index contributed by atoms with van der Waals surface area (Å²) in [7, 11) is 0. The van der Waals surface area contributed by atoms with Crippen LogP contribution in [-0.2, 0) is 9.59 Å². The number of nitrogens with one attached hydrogen (secondary N) is 1. The number of amides is 2. The molecule has 0 atom stereocenters. The Morgan fingerprint density at radius 2 is 1.82 bits per heavy atom. The van der Waals surface area contributed by atoms with Crippen LogP contribution in [-0.4, -0.2) is 23.9 Å². The van der Waals surface area contributed by atoms with Gasteiger partial charge in [0.2, 0.25) is 11.8 Å². The zero-order valence-electron chi connectivity index (χ0n) is 10.3. The topological polar surface area (TPSA) is 98.2 Å². The van der Waals surface area contributed by atoms with Gasteiger partial charge in [-0.2, -0.15) is 0 Å². The van der Waals surface area contributed by atoms with Gasteiger partial charge in [-0.25, -0.2) is 0 Å². The average molecular weight is 241 g/mol. The minimum Gasteiger partial charge on any atom is -0.370 e. The number of carbonyl (C=O) groups excluding carboxylic acids is 2. The SMILES string of the molecule is NC(=O)CCCNC(=O)CC1(N)CCCCC1. The van der Waals surface area contributed by atoms with Crippen molar-refractivity contribution in [1.29, 1.82) is 0 Å². The maximum atomic E-state index is 11.7. The van der Waals surface area contributed by atoms with Gasteiger partial charge < -0.3 is 16.8 Å². The van der Waals surface area contributed by atoms with Crippen molar-refractivity contribution in [3.05, 3.63) is 0 Å². The van der Waals surface area contributed by atoms with Crippen LogP contribution in [0, 0.1) is 0 Å². The van der Waals surface area contributed by atoms with Crippen molar-refractivity contribution in [2.75, 3.05) is 6.54 Å². The third-order valence-electron chi connectivity index (χ3n) is 3.28. The first-order valence-corrected chi connectivity index (χ1v) is 6.36. The van der Waals surface area contributed by atoms with Crippen molar-refractivity contribution >= 4 is 11.8 Å². The van der Waals surface area contributed by atoms with Gasteiger partial charge in [-0.3, -0.25) is 9.59 Å². The molecule has 0 bridgehead atoms. The zero-order chi connectivity index (χ0) is 12.7. The Labute approximate surface area is 102 Å². The lowest BCUT2D eigenvalue weighted by Gasteiger charge is -2.32. The second-order valence-electron chi connectivity index (χ2n) is 5.02. The van der Waals surface area contributed by atoms with E-state index in [0.29, 0.717) is 25.8 Å². The fraction of sp³-hybridized carbons (Fsp3) is 0.833. The van der Waals surface area contributed by atoms with E-state index in [9.17, 15) is 9.59 Å². The molecule has 1 aliphatic rings. The molecule has 17 heavy (non-hydrogen) atoms. The monoisotopic (exact) mass is 241 g/mol. The molecule has 1 rings (SSSR count). The maximum Gasteiger partial charge on any atom is 0.221 e. The third kappa shape index (κ3) is 5.68. The average Bonchev–Trinajstić information content (AvgIpc) is 2.24. The highest BCUT2D eigenvalue weighted by molar-refractivity contribution is 5.77. The van der Waals surface area contributed by atoms with Gasteiger partial charge in [0.05, 0.1) is 0 Å². The molecule has 1 aliphatic carbocycles. The fourth-order valence-electron chi connectivity index (χ4n) is 2.31.